The Balaban J connectivity index is 1.39. The predicted molar refractivity (Wildman–Crippen MR) is 125 cm³/mol. The highest BCUT2D eigenvalue weighted by molar-refractivity contribution is 5.78. The Morgan fingerprint density at radius 2 is 2.03 bits per heavy atom. The summed E-state index contributed by atoms with van der Waals surface area (Å²) in [6, 6.07) is 9.59. The fourth-order valence-electron chi connectivity index (χ4n) is 6.23. The first-order valence-electron chi connectivity index (χ1n) is 12.4. The number of hydrogen-bond acceptors (Lipinski definition) is 4. The largest absolute Gasteiger partial charge is 0.494 e. The molecule has 0 unspecified atom stereocenters. The van der Waals surface area contributed by atoms with E-state index in [1.807, 2.05) is 0 Å². The second-order valence-corrected chi connectivity index (χ2v) is 10.2. The Kier molecular flexibility index (Phi) is 7.55. The van der Waals surface area contributed by atoms with Crippen molar-refractivity contribution in [2.75, 3.05) is 40.3 Å². The van der Waals surface area contributed by atoms with Crippen molar-refractivity contribution in [1.82, 2.24) is 14.7 Å². The van der Waals surface area contributed by atoms with Gasteiger partial charge in [-0.1, -0.05) is 25.5 Å². The van der Waals surface area contributed by atoms with Crippen LogP contribution in [0.15, 0.2) is 24.3 Å². The molecule has 0 radical (unpaired) electrons. The molecule has 1 amide bonds. The minimum atomic E-state index is 0.428. The lowest BCUT2D eigenvalue weighted by atomic mass is 9.71. The maximum atomic E-state index is 12.8. The number of fused-ring (bicyclic) bond motifs is 4. The Labute approximate surface area is 188 Å². The summed E-state index contributed by atoms with van der Waals surface area (Å²) in [5.74, 6) is 2.68. The zero-order valence-electron chi connectivity index (χ0n) is 19.8. The molecule has 3 aliphatic rings. The molecule has 2 bridgehead atoms. The molecule has 0 N–H and O–H groups in total. The van der Waals surface area contributed by atoms with E-state index in [2.05, 4.69) is 60.0 Å². The van der Waals surface area contributed by atoms with Crippen LogP contribution in [0.2, 0.25) is 0 Å². The molecule has 0 aliphatic carbocycles. The van der Waals surface area contributed by atoms with Gasteiger partial charge in [-0.2, -0.15) is 0 Å². The first kappa shape index (κ1) is 22.6. The summed E-state index contributed by atoms with van der Waals surface area (Å²) < 4.78 is 6.00. The second-order valence-electron chi connectivity index (χ2n) is 10.2. The standard InChI is InChI=1S/C26H41N3O2/c1-4-8-24-21-16-22(25-11-6-12-26(30)29(24)25)19-28(18-21)17-20-9-5-10-23(15-20)31-14-7-13-27(2)3/h5,9-10,15,21-22,24-25H,4,6-8,11-14,16-19H2,1-3H3/t21-,22+,24-,25-/m0/s1. The number of rotatable bonds is 9. The monoisotopic (exact) mass is 427 g/mol. The Bertz CT molecular complexity index is 737. The van der Waals surface area contributed by atoms with E-state index in [9.17, 15) is 4.79 Å². The number of amides is 1. The zero-order valence-corrected chi connectivity index (χ0v) is 19.8. The van der Waals surface area contributed by atoms with Gasteiger partial charge in [0.25, 0.3) is 0 Å². The molecule has 3 saturated heterocycles. The number of likely N-dealkylation sites (tertiary alicyclic amines) is 1. The number of ether oxygens (including phenoxy) is 1. The number of nitrogens with zero attached hydrogens (tertiary/aromatic N) is 3. The Morgan fingerprint density at radius 3 is 2.84 bits per heavy atom. The Morgan fingerprint density at radius 1 is 1.19 bits per heavy atom. The first-order chi connectivity index (χ1) is 15.0. The fraction of sp³-hybridized carbons (Fsp3) is 0.731. The Hall–Kier alpha value is -1.59. The van der Waals surface area contributed by atoms with Gasteiger partial charge in [0.05, 0.1) is 6.61 Å². The topological polar surface area (TPSA) is 36.0 Å². The molecule has 3 heterocycles. The molecule has 5 heteroatoms. The highest BCUT2D eigenvalue weighted by Crippen LogP contribution is 2.43. The third-order valence-corrected chi connectivity index (χ3v) is 7.48. The molecule has 172 valence electrons. The van der Waals surface area contributed by atoms with E-state index < -0.39 is 0 Å². The molecule has 0 saturated carbocycles. The van der Waals surface area contributed by atoms with Gasteiger partial charge in [-0.3, -0.25) is 9.69 Å². The van der Waals surface area contributed by atoms with Gasteiger partial charge in [-0.25, -0.2) is 0 Å². The van der Waals surface area contributed by atoms with Crippen molar-refractivity contribution in [3.8, 4) is 5.75 Å². The van der Waals surface area contributed by atoms with Crippen molar-refractivity contribution >= 4 is 5.91 Å². The van der Waals surface area contributed by atoms with Crippen LogP contribution >= 0.6 is 0 Å². The average Bonchev–Trinajstić information content (AvgIpc) is 2.74. The van der Waals surface area contributed by atoms with E-state index in [4.69, 9.17) is 4.74 Å². The van der Waals surface area contributed by atoms with Crippen LogP contribution in [0.1, 0.15) is 57.4 Å². The minimum Gasteiger partial charge on any atom is -0.494 e. The number of carbonyl (C=O) groups is 1. The third kappa shape index (κ3) is 5.43. The lowest BCUT2D eigenvalue weighted by molar-refractivity contribution is -0.153. The van der Waals surface area contributed by atoms with Crippen molar-refractivity contribution in [3.05, 3.63) is 29.8 Å². The van der Waals surface area contributed by atoms with Gasteiger partial charge in [0.1, 0.15) is 5.75 Å². The second kappa shape index (κ2) is 10.4. The van der Waals surface area contributed by atoms with E-state index in [0.717, 1.165) is 70.6 Å². The highest BCUT2D eigenvalue weighted by Gasteiger charge is 2.48. The zero-order chi connectivity index (χ0) is 21.8. The smallest absolute Gasteiger partial charge is 0.223 e. The minimum absolute atomic E-state index is 0.428. The van der Waals surface area contributed by atoms with Crippen LogP contribution in [0, 0.1) is 11.8 Å². The summed E-state index contributed by atoms with van der Waals surface area (Å²) in [6.45, 7) is 7.31. The van der Waals surface area contributed by atoms with Crippen LogP contribution in [0.4, 0.5) is 0 Å². The van der Waals surface area contributed by atoms with Gasteiger partial charge in [0, 0.05) is 44.7 Å². The van der Waals surface area contributed by atoms with Crippen molar-refractivity contribution in [3.63, 3.8) is 0 Å². The van der Waals surface area contributed by atoms with Crippen LogP contribution in [0.3, 0.4) is 0 Å². The molecule has 5 nitrogen and oxygen atoms in total. The SMILES string of the molecule is CCC[C@H]1[C@H]2C[C@H](CN(Cc3cccc(OCCCN(C)C)c3)C2)[C@@H]2CCCC(=O)N21. The highest BCUT2D eigenvalue weighted by atomic mass is 16.5. The van der Waals surface area contributed by atoms with Crippen LogP contribution in [-0.4, -0.2) is 73.0 Å². The van der Waals surface area contributed by atoms with E-state index in [0.29, 0.717) is 29.8 Å². The van der Waals surface area contributed by atoms with Gasteiger partial charge in [0.15, 0.2) is 0 Å². The van der Waals surface area contributed by atoms with Crippen LogP contribution in [0.5, 0.6) is 5.75 Å². The van der Waals surface area contributed by atoms with Crippen LogP contribution < -0.4 is 4.74 Å². The first-order valence-corrected chi connectivity index (χ1v) is 12.4. The van der Waals surface area contributed by atoms with Gasteiger partial charge in [-0.15, -0.1) is 0 Å². The normalized spacial score (nSPS) is 28.6. The van der Waals surface area contributed by atoms with E-state index in [-0.39, 0.29) is 0 Å². The number of carbonyl (C=O) groups excluding carboxylic acids is 1. The van der Waals surface area contributed by atoms with E-state index in [1.165, 1.54) is 18.4 Å². The molecule has 4 rings (SSSR count). The van der Waals surface area contributed by atoms with Crippen LogP contribution in [0.25, 0.3) is 0 Å². The molecule has 0 aromatic heterocycles. The average molecular weight is 428 g/mol. The quantitative estimate of drug-likeness (QED) is 0.558. The molecule has 3 fully saturated rings. The van der Waals surface area contributed by atoms with Crippen molar-refractivity contribution in [2.45, 2.75) is 70.5 Å². The summed E-state index contributed by atoms with van der Waals surface area (Å²) in [7, 11) is 4.20. The number of benzene rings is 1. The fourth-order valence-corrected chi connectivity index (χ4v) is 6.23. The molecular weight excluding hydrogens is 386 g/mol. The molecule has 4 atom stereocenters. The molecule has 3 aliphatic heterocycles. The van der Waals surface area contributed by atoms with Gasteiger partial charge in [0.2, 0.25) is 5.91 Å². The molecule has 1 aromatic rings. The van der Waals surface area contributed by atoms with Gasteiger partial charge in [-0.05, 0) is 75.7 Å². The predicted octanol–water partition coefficient (Wildman–Crippen LogP) is 4.02. The number of piperidine rings is 3. The van der Waals surface area contributed by atoms with Crippen LogP contribution in [-0.2, 0) is 11.3 Å². The van der Waals surface area contributed by atoms with Crippen molar-refractivity contribution in [2.24, 2.45) is 11.8 Å². The lowest BCUT2D eigenvalue weighted by Gasteiger charge is -2.57. The summed E-state index contributed by atoms with van der Waals surface area (Å²) >= 11 is 0. The summed E-state index contributed by atoms with van der Waals surface area (Å²) in [5, 5.41) is 0. The molecule has 31 heavy (non-hydrogen) atoms. The van der Waals surface area contributed by atoms with Gasteiger partial charge >= 0.3 is 0 Å². The maximum Gasteiger partial charge on any atom is 0.223 e. The summed E-state index contributed by atoms with van der Waals surface area (Å²) in [6.07, 6.45) is 7.72. The maximum absolute atomic E-state index is 12.8. The van der Waals surface area contributed by atoms with E-state index >= 15 is 0 Å². The van der Waals surface area contributed by atoms with Crippen molar-refractivity contribution < 1.29 is 9.53 Å². The molecule has 1 aromatic carbocycles. The third-order valence-electron chi connectivity index (χ3n) is 7.48. The van der Waals surface area contributed by atoms with Gasteiger partial charge < -0.3 is 14.5 Å². The van der Waals surface area contributed by atoms with E-state index in [1.54, 1.807) is 0 Å². The van der Waals surface area contributed by atoms with Crippen molar-refractivity contribution in [1.29, 1.82) is 0 Å². The lowest BCUT2D eigenvalue weighted by Crippen LogP contribution is -2.64. The summed E-state index contributed by atoms with van der Waals surface area (Å²) in [5.41, 5.74) is 1.34. The summed E-state index contributed by atoms with van der Waals surface area (Å²) in [4.78, 5) is 20.0. The molecule has 0 spiro atoms. The molecular formula is C26H41N3O2. The number of hydrogen-bond donors (Lipinski definition) is 0.